The maximum atomic E-state index is 11.9. The Morgan fingerprint density at radius 2 is 2.29 bits per heavy atom. The maximum Gasteiger partial charge on any atom is 0.249 e. The predicted molar refractivity (Wildman–Crippen MR) is 67.5 cm³/mol. The highest BCUT2D eigenvalue weighted by atomic mass is 79.9. The standard InChI is InChI=1S/C11H11BrN4O/c1-8(16-7-3-6-14-16)11(17)15-9-4-2-5-13-10(9)12/h2-8H,1H3,(H,15,17). The van der Waals surface area contributed by atoms with Crippen LogP contribution in [0.15, 0.2) is 41.4 Å². The molecule has 0 aliphatic heterocycles. The third-order valence-corrected chi connectivity index (χ3v) is 2.95. The van der Waals surface area contributed by atoms with Crippen LogP contribution in [0.1, 0.15) is 13.0 Å². The van der Waals surface area contributed by atoms with E-state index in [0.29, 0.717) is 10.3 Å². The number of hydrogen-bond acceptors (Lipinski definition) is 3. The summed E-state index contributed by atoms with van der Waals surface area (Å²) in [5, 5.41) is 6.82. The van der Waals surface area contributed by atoms with Crippen molar-refractivity contribution in [1.29, 1.82) is 0 Å². The molecule has 0 bridgehead atoms. The molecule has 2 aromatic rings. The Bertz CT molecular complexity index is 512. The second kappa shape index (κ2) is 5.09. The molecule has 1 amide bonds. The number of anilines is 1. The lowest BCUT2D eigenvalue weighted by Crippen LogP contribution is -2.24. The molecule has 0 spiro atoms. The summed E-state index contributed by atoms with van der Waals surface area (Å²) in [6.07, 6.45) is 5.04. The number of nitrogens with one attached hydrogen (secondary N) is 1. The van der Waals surface area contributed by atoms with Gasteiger partial charge < -0.3 is 5.32 Å². The van der Waals surface area contributed by atoms with Crippen molar-refractivity contribution in [3.8, 4) is 0 Å². The number of carbonyl (C=O) groups is 1. The van der Waals surface area contributed by atoms with Gasteiger partial charge in [0.2, 0.25) is 5.91 Å². The Morgan fingerprint density at radius 1 is 1.47 bits per heavy atom. The van der Waals surface area contributed by atoms with Crippen LogP contribution in [0.2, 0.25) is 0 Å². The normalized spacial score (nSPS) is 12.1. The zero-order valence-corrected chi connectivity index (χ0v) is 10.8. The van der Waals surface area contributed by atoms with Gasteiger partial charge in [0, 0.05) is 18.6 Å². The quantitative estimate of drug-likeness (QED) is 0.883. The second-order valence-electron chi connectivity index (χ2n) is 3.49. The smallest absolute Gasteiger partial charge is 0.249 e. The fraction of sp³-hybridized carbons (Fsp3) is 0.182. The van der Waals surface area contributed by atoms with Crippen LogP contribution in [0.3, 0.4) is 0 Å². The van der Waals surface area contributed by atoms with E-state index in [1.807, 2.05) is 0 Å². The highest BCUT2D eigenvalue weighted by molar-refractivity contribution is 9.10. The van der Waals surface area contributed by atoms with Crippen LogP contribution >= 0.6 is 15.9 Å². The Labute approximate surface area is 107 Å². The summed E-state index contributed by atoms with van der Waals surface area (Å²) in [4.78, 5) is 16.0. The molecule has 88 valence electrons. The predicted octanol–water partition coefficient (Wildman–Crippen LogP) is 2.24. The molecule has 2 heterocycles. The number of amides is 1. The van der Waals surface area contributed by atoms with E-state index >= 15 is 0 Å². The summed E-state index contributed by atoms with van der Waals surface area (Å²) in [6, 6.07) is 4.96. The van der Waals surface area contributed by atoms with Gasteiger partial charge in [-0.05, 0) is 41.1 Å². The Hall–Kier alpha value is -1.69. The lowest BCUT2D eigenvalue weighted by Gasteiger charge is -2.13. The molecule has 0 fully saturated rings. The minimum atomic E-state index is -0.364. The van der Waals surface area contributed by atoms with Gasteiger partial charge in [-0.25, -0.2) is 4.98 Å². The molecule has 2 aromatic heterocycles. The van der Waals surface area contributed by atoms with Gasteiger partial charge in [0.1, 0.15) is 10.6 Å². The topological polar surface area (TPSA) is 59.8 Å². The van der Waals surface area contributed by atoms with E-state index < -0.39 is 0 Å². The molecule has 0 aliphatic rings. The van der Waals surface area contributed by atoms with E-state index in [9.17, 15) is 4.79 Å². The number of rotatable bonds is 3. The fourth-order valence-electron chi connectivity index (χ4n) is 1.35. The molecule has 6 heteroatoms. The van der Waals surface area contributed by atoms with Crippen LogP contribution in [0.5, 0.6) is 0 Å². The van der Waals surface area contributed by atoms with Gasteiger partial charge in [-0.15, -0.1) is 0 Å². The van der Waals surface area contributed by atoms with Gasteiger partial charge in [0.15, 0.2) is 0 Å². The van der Waals surface area contributed by atoms with E-state index in [0.717, 1.165) is 0 Å². The van der Waals surface area contributed by atoms with Crippen LogP contribution in [0.25, 0.3) is 0 Å². The number of aromatic nitrogens is 3. The first kappa shape index (κ1) is 11.8. The van der Waals surface area contributed by atoms with Crippen LogP contribution in [-0.2, 0) is 4.79 Å². The Balaban J connectivity index is 2.10. The van der Waals surface area contributed by atoms with E-state index in [1.165, 1.54) is 0 Å². The molecule has 0 saturated heterocycles. The number of pyridine rings is 1. The van der Waals surface area contributed by atoms with E-state index in [2.05, 4.69) is 31.3 Å². The summed E-state index contributed by atoms with van der Waals surface area (Å²) in [7, 11) is 0. The van der Waals surface area contributed by atoms with Crippen molar-refractivity contribution in [1.82, 2.24) is 14.8 Å². The minimum absolute atomic E-state index is 0.137. The van der Waals surface area contributed by atoms with Crippen LogP contribution < -0.4 is 5.32 Å². The van der Waals surface area contributed by atoms with Crippen molar-refractivity contribution in [2.24, 2.45) is 0 Å². The van der Waals surface area contributed by atoms with Crippen molar-refractivity contribution in [2.75, 3.05) is 5.32 Å². The van der Waals surface area contributed by atoms with Crippen molar-refractivity contribution in [2.45, 2.75) is 13.0 Å². The summed E-state index contributed by atoms with van der Waals surface area (Å²) < 4.78 is 2.21. The number of halogens is 1. The van der Waals surface area contributed by atoms with Crippen molar-refractivity contribution < 1.29 is 4.79 Å². The molecule has 1 atom stereocenters. The molecule has 0 aromatic carbocycles. The van der Waals surface area contributed by atoms with Gasteiger partial charge in [-0.2, -0.15) is 5.10 Å². The number of carbonyl (C=O) groups excluding carboxylic acids is 1. The largest absolute Gasteiger partial charge is 0.322 e. The fourth-order valence-corrected chi connectivity index (χ4v) is 1.70. The highest BCUT2D eigenvalue weighted by Gasteiger charge is 2.15. The third kappa shape index (κ3) is 2.71. The second-order valence-corrected chi connectivity index (χ2v) is 4.24. The van der Waals surface area contributed by atoms with Crippen LogP contribution in [0.4, 0.5) is 5.69 Å². The van der Waals surface area contributed by atoms with Gasteiger partial charge in [-0.3, -0.25) is 9.48 Å². The number of nitrogens with zero attached hydrogens (tertiary/aromatic N) is 3. The van der Waals surface area contributed by atoms with Gasteiger partial charge in [0.05, 0.1) is 5.69 Å². The van der Waals surface area contributed by atoms with E-state index in [4.69, 9.17) is 0 Å². The van der Waals surface area contributed by atoms with Crippen LogP contribution in [-0.4, -0.2) is 20.7 Å². The summed E-state index contributed by atoms with van der Waals surface area (Å²) in [5.74, 6) is -0.137. The zero-order valence-electron chi connectivity index (χ0n) is 9.17. The van der Waals surface area contributed by atoms with E-state index in [1.54, 1.807) is 48.4 Å². The first-order valence-electron chi connectivity index (χ1n) is 5.09. The summed E-state index contributed by atoms with van der Waals surface area (Å²) >= 11 is 3.27. The molecule has 1 N–H and O–H groups in total. The SMILES string of the molecule is CC(C(=O)Nc1cccnc1Br)n1cccn1. The molecule has 2 rings (SSSR count). The molecule has 0 aliphatic carbocycles. The average molecular weight is 295 g/mol. The lowest BCUT2D eigenvalue weighted by atomic mass is 10.3. The summed E-state index contributed by atoms with van der Waals surface area (Å²) in [5.41, 5.74) is 0.650. The monoisotopic (exact) mass is 294 g/mol. The third-order valence-electron chi connectivity index (χ3n) is 2.32. The zero-order chi connectivity index (χ0) is 12.3. The molecule has 0 saturated carbocycles. The number of hydrogen-bond donors (Lipinski definition) is 1. The first-order chi connectivity index (χ1) is 8.18. The van der Waals surface area contributed by atoms with Crippen LogP contribution in [0, 0.1) is 0 Å². The average Bonchev–Trinajstić information content (AvgIpc) is 2.84. The van der Waals surface area contributed by atoms with Gasteiger partial charge in [-0.1, -0.05) is 0 Å². The Morgan fingerprint density at radius 3 is 2.94 bits per heavy atom. The lowest BCUT2D eigenvalue weighted by molar-refractivity contribution is -0.119. The van der Waals surface area contributed by atoms with Crippen molar-refractivity contribution >= 4 is 27.5 Å². The molecule has 0 radical (unpaired) electrons. The Kier molecular flexibility index (Phi) is 3.53. The first-order valence-corrected chi connectivity index (χ1v) is 5.88. The van der Waals surface area contributed by atoms with Crippen molar-refractivity contribution in [3.05, 3.63) is 41.4 Å². The van der Waals surface area contributed by atoms with Gasteiger partial charge in [0.25, 0.3) is 0 Å². The summed E-state index contributed by atoms with van der Waals surface area (Å²) in [6.45, 7) is 1.78. The molecule has 5 nitrogen and oxygen atoms in total. The molecule has 1 unspecified atom stereocenters. The maximum absolute atomic E-state index is 11.9. The molecular formula is C11H11BrN4O. The van der Waals surface area contributed by atoms with Crippen molar-refractivity contribution in [3.63, 3.8) is 0 Å². The molecular weight excluding hydrogens is 284 g/mol. The minimum Gasteiger partial charge on any atom is -0.322 e. The van der Waals surface area contributed by atoms with Gasteiger partial charge >= 0.3 is 0 Å². The van der Waals surface area contributed by atoms with E-state index in [-0.39, 0.29) is 11.9 Å². The molecule has 17 heavy (non-hydrogen) atoms. The highest BCUT2D eigenvalue weighted by Crippen LogP contribution is 2.19.